The van der Waals surface area contributed by atoms with Gasteiger partial charge in [0.1, 0.15) is 17.2 Å². The maximum atomic E-state index is 9.71. The van der Waals surface area contributed by atoms with E-state index in [1.54, 1.807) is 37.7 Å². The molecular formula is C21H21N3O3S. The lowest BCUT2D eigenvalue weighted by Crippen LogP contribution is -2.04. The summed E-state index contributed by atoms with van der Waals surface area (Å²) >= 11 is 1.56. The molecule has 0 saturated carbocycles. The number of aromatic nitrogens is 2. The average molecular weight is 395 g/mol. The summed E-state index contributed by atoms with van der Waals surface area (Å²) in [4.78, 5) is 7.91. The lowest BCUT2D eigenvalue weighted by atomic mass is 10.1. The van der Waals surface area contributed by atoms with Crippen LogP contribution in [0.25, 0.3) is 22.2 Å². The van der Waals surface area contributed by atoms with Crippen LogP contribution in [0, 0.1) is 0 Å². The largest absolute Gasteiger partial charge is 0.508 e. The van der Waals surface area contributed by atoms with Gasteiger partial charge in [-0.15, -0.1) is 11.3 Å². The number of hydrogen-bond acceptors (Lipinski definition) is 6. The number of methoxy groups -OCH3 is 2. The van der Waals surface area contributed by atoms with E-state index in [1.165, 1.54) is 0 Å². The molecule has 3 N–H and O–H groups in total. The molecule has 144 valence electrons. The van der Waals surface area contributed by atoms with Crippen LogP contribution in [0.3, 0.4) is 0 Å². The highest BCUT2D eigenvalue weighted by Gasteiger charge is 2.11. The topological polar surface area (TPSA) is 79.4 Å². The van der Waals surface area contributed by atoms with E-state index in [1.807, 2.05) is 35.8 Å². The first kappa shape index (κ1) is 18.2. The van der Waals surface area contributed by atoms with Crippen LogP contribution in [0.2, 0.25) is 0 Å². The first-order valence-corrected chi connectivity index (χ1v) is 9.76. The summed E-state index contributed by atoms with van der Waals surface area (Å²) in [5.41, 5.74) is 3.98. The number of nitrogens with zero attached hydrogens (tertiary/aromatic N) is 1. The minimum Gasteiger partial charge on any atom is -0.508 e. The van der Waals surface area contributed by atoms with E-state index in [0.29, 0.717) is 0 Å². The second kappa shape index (κ2) is 7.82. The number of anilines is 1. The smallest absolute Gasteiger partial charge is 0.183 e. The molecule has 0 radical (unpaired) electrons. The van der Waals surface area contributed by atoms with Gasteiger partial charge in [-0.3, -0.25) is 0 Å². The van der Waals surface area contributed by atoms with Gasteiger partial charge in [-0.2, -0.15) is 0 Å². The van der Waals surface area contributed by atoms with Crippen LogP contribution < -0.4 is 14.8 Å². The van der Waals surface area contributed by atoms with Gasteiger partial charge in [0, 0.05) is 40.7 Å². The van der Waals surface area contributed by atoms with Gasteiger partial charge in [-0.25, -0.2) is 4.98 Å². The SMILES string of the molecule is COc1ccc(-c2csc(NCCc3c[nH]c4ccc(O)cc34)n2)c(OC)c1. The number of phenolic OH excluding ortho intramolecular Hbond substituents is 1. The summed E-state index contributed by atoms with van der Waals surface area (Å²) in [5, 5.41) is 17.0. The second-order valence-corrected chi connectivity index (χ2v) is 7.18. The summed E-state index contributed by atoms with van der Waals surface area (Å²) in [6, 6.07) is 11.1. The third kappa shape index (κ3) is 3.61. The van der Waals surface area contributed by atoms with Crippen molar-refractivity contribution >= 4 is 27.4 Å². The van der Waals surface area contributed by atoms with E-state index in [2.05, 4.69) is 15.3 Å². The number of H-pyrrole nitrogens is 1. The van der Waals surface area contributed by atoms with E-state index >= 15 is 0 Å². The Kier molecular flexibility index (Phi) is 5.08. The maximum Gasteiger partial charge on any atom is 0.183 e. The fraction of sp³-hybridized carbons (Fsp3) is 0.190. The Bertz CT molecular complexity index is 1100. The molecule has 6 nitrogen and oxygen atoms in total. The normalized spacial score (nSPS) is 10.9. The highest BCUT2D eigenvalue weighted by molar-refractivity contribution is 7.14. The Labute approximate surface area is 166 Å². The number of nitrogens with one attached hydrogen (secondary N) is 2. The zero-order valence-corrected chi connectivity index (χ0v) is 16.5. The van der Waals surface area contributed by atoms with Crippen LogP contribution in [0.4, 0.5) is 5.13 Å². The number of hydrogen-bond donors (Lipinski definition) is 3. The van der Waals surface area contributed by atoms with Gasteiger partial charge in [0.15, 0.2) is 5.13 Å². The number of benzene rings is 2. The molecular weight excluding hydrogens is 374 g/mol. The molecule has 28 heavy (non-hydrogen) atoms. The molecule has 0 saturated heterocycles. The molecule has 4 aromatic rings. The van der Waals surface area contributed by atoms with E-state index in [9.17, 15) is 5.11 Å². The maximum absolute atomic E-state index is 9.71. The Morgan fingerprint density at radius 1 is 1.14 bits per heavy atom. The average Bonchev–Trinajstić information content (AvgIpc) is 3.34. The predicted octanol–water partition coefficient (Wildman–Crippen LogP) is 4.67. The fourth-order valence-corrected chi connectivity index (χ4v) is 3.91. The van der Waals surface area contributed by atoms with Crippen molar-refractivity contribution in [2.24, 2.45) is 0 Å². The molecule has 2 heterocycles. The molecule has 7 heteroatoms. The number of aromatic hydroxyl groups is 1. The quantitative estimate of drug-likeness (QED) is 0.424. The first-order valence-electron chi connectivity index (χ1n) is 8.88. The van der Waals surface area contributed by atoms with Crippen molar-refractivity contribution in [2.45, 2.75) is 6.42 Å². The fourth-order valence-electron chi connectivity index (χ4n) is 3.17. The lowest BCUT2D eigenvalue weighted by Gasteiger charge is -2.08. The monoisotopic (exact) mass is 395 g/mol. The van der Waals surface area contributed by atoms with Gasteiger partial charge in [-0.05, 0) is 42.3 Å². The summed E-state index contributed by atoms with van der Waals surface area (Å²) < 4.78 is 10.7. The molecule has 0 spiro atoms. The summed E-state index contributed by atoms with van der Waals surface area (Å²) in [7, 11) is 3.27. The Morgan fingerprint density at radius 2 is 2.04 bits per heavy atom. The molecule has 0 fully saturated rings. The Morgan fingerprint density at radius 3 is 2.86 bits per heavy atom. The van der Waals surface area contributed by atoms with Gasteiger partial charge >= 0.3 is 0 Å². The summed E-state index contributed by atoms with van der Waals surface area (Å²) in [6.45, 7) is 0.745. The predicted molar refractivity (Wildman–Crippen MR) is 113 cm³/mol. The van der Waals surface area contributed by atoms with E-state index in [0.717, 1.165) is 57.3 Å². The van der Waals surface area contributed by atoms with Crippen molar-refractivity contribution in [2.75, 3.05) is 26.1 Å². The van der Waals surface area contributed by atoms with Crippen LogP contribution in [0.5, 0.6) is 17.2 Å². The zero-order chi connectivity index (χ0) is 19.5. The minimum atomic E-state index is 0.277. The van der Waals surface area contributed by atoms with Gasteiger partial charge < -0.3 is 24.9 Å². The Hall–Kier alpha value is -3.19. The van der Waals surface area contributed by atoms with Gasteiger partial charge in [0.2, 0.25) is 0 Å². The number of rotatable bonds is 7. The Balaban J connectivity index is 1.44. The van der Waals surface area contributed by atoms with Gasteiger partial charge in [-0.1, -0.05) is 0 Å². The first-order chi connectivity index (χ1) is 13.7. The molecule has 2 aromatic heterocycles. The third-order valence-electron chi connectivity index (χ3n) is 4.61. The number of fused-ring (bicyclic) bond motifs is 1. The van der Waals surface area contributed by atoms with Crippen LogP contribution in [0.1, 0.15) is 5.56 Å². The summed E-state index contributed by atoms with van der Waals surface area (Å²) in [6.07, 6.45) is 2.81. The molecule has 0 unspecified atom stereocenters. The van der Waals surface area contributed by atoms with Gasteiger partial charge in [0.25, 0.3) is 0 Å². The van der Waals surface area contributed by atoms with Crippen molar-refractivity contribution in [1.29, 1.82) is 0 Å². The van der Waals surface area contributed by atoms with Crippen molar-refractivity contribution in [3.05, 3.63) is 53.5 Å². The zero-order valence-electron chi connectivity index (χ0n) is 15.7. The molecule has 0 aliphatic heterocycles. The van der Waals surface area contributed by atoms with Crippen molar-refractivity contribution in [3.63, 3.8) is 0 Å². The van der Waals surface area contributed by atoms with Gasteiger partial charge in [0.05, 0.1) is 19.9 Å². The molecule has 2 aromatic carbocycles. The van der Waals surface area contributed by atoms with Crippen LogP contribution >= 0.6 is 11.3 Å². The van der Waals surface area contributed by atoms with E-state index in [4.69, 9.17) is 9.47 Å². The minimum absolute atomic E-state index is 0.277. The molecule has 0 amide bonds. The molecule has 0 aliphatic rings. The molecule has 0 atom stereocenters. The molecule has 4 rings (SSSR count). The van der Waals surface area contributed by atoms with Crippen molar-refractivity contribution in [1.82, 2.24) is 9.97 Å². The van der Waals surface area contributed by atoms with E-state index < -0.39 is 0 Å². The standard InChI is InChI=1S/C21H21N3O3S/c1-26-15-4-5-16(20(10-15)27-2)19-12-28-21(24-19)22-8-7-13-11-23-18-6-3-14(25)9-17(13)18/h3-6,9-12,23,25H,7-8H2,1-2H3,(H,22,24). The highest BCUT2D eigenvalue weighted by atomic mass is 32.1. The summed E-state index contributed by atoms with van der Waals surface area (Å²) in [5.74, 6) is 1.76. The lowest BCUT2D eigenvalue weighted by molar-refractivity contribution is 0.395. The van der Waals surface area contributed by atoms with Crippen LogP contribution in [-0.4, -0.2) is 35.8 Å². The van der Waals surface area contributed by atoms with Crippen LogP contribution in [0.15, 0.2) is 48.0 Å². The van der Waals surface area contributed by atoms with E-state index in [-0.39, 0.29) is 5.75 Å². The third-order valence-corrected chi connectivity index (χ3v) is 5.41. The number of ether oxygens (including phenoxy) is 2. The van der Waals surface area contributed by atoms with Crippen LogP contribution in [-0.2, 0) is 6.42 Å². The number of thiazole rings is 1. The molecule has 0 bridgehead atoms. The molecule has 0 aliphatic carbocycles. The number of aromatic amines is 1. The van der Waals surface area contributed by atoms with Crippen molar-refractivity contribution in [3.8, 4) is 28.5 Å². The number of phenols is 1. The highest BCUT2D eigenvalue weighted by Crippen LogP contribution is 2.34. The second-order valence-electron chi connectivity index (χ2n) is 6.32. The van der Waals surface area contributed by atoms with Crippen molar-refractivity contribution < 1.29 is 14.6 Å².